The third kappa shape index (κ3) is 4.94. The molecule has 2 heterocycles. The largest absolute Gasteiger partial charge is 0.431 e. The highest BCUT2D eigenvalue weighted by Gasteiger charge is 2.17. The van der Waals surface area contributed by atoms with Gasteiger partial charge < -0.3 is 4.74 Å². The van der Waals surface area contributed by atoms with Gasteiger partial charge >= 0.3 is 6.61 Å². The highest BCUT2D eigenvalue weighted by Crippen LogP contribution is 2.24. The van der Waals surface area contributed by atoms with Crippen molar-refractivity contribution < 1.29 is 21.9 Å². The summed E-state index contributed by atoms with van der Waals surface area (Å²) in [7, 11) is -3.70. The number of thiophene rings is 1. The van der Waals surface area contributed by atoms with Crippen LogP contribution in [0.15, 0.2) is 35.8 Å². The highest BCUT2D eigenvalue weighted by atomic mass is 32.2. The zero-order valence-corrected chi connectivity index (χ0v) is 12.3. The molecule has 0 amide bonds. The Labute approximate surface area is 124 Å². The smallest absolute Gasteiger partial charge is 0.387 e. The number of pyridine rings is 1. The van der Waals surface area contributed by atoms with Gasteiger partial charge in [-0.1, -0.05) is 6.07 Å². The van der Waals surface area contributed by atoms with Crippen LogP contribution in [0.3, 0.4) is 0 Å². The quantitative estimate of drug-likeness (QED) is 0.845. The van der Waals surface area contributed by atoms with Gasteiger partial charge in [0.1, 0.15) is 0 Å². The van der Waals surface area contributed by atoms with Crippen molar-refractivity contribution in [2.45, 2.75) is 13.0 Å². The van der Waals surface area contributed by atoms with Crippen molar-refractivity contribution in [1.29, 1.82) is 0 Å². The molecule has 0 spiro atoms. The van der Waals surface area contributed by atoms with E-state index in [9.17, 15) is 17.2 Å². The second-order valence-corrected chi connectivity index (χ2v) is 6.85. The summed E-state index contributed by atoms with van der Waals surface area (Å²) >= 11 is 1.45. The van der Waals surface area contributed by atoms with Crippen LogP contribution in [0.25, 0.3) is 0 Å². The van der Waals surface area contributed by atoms with Crippen LogP contribution in [0, 0.1) is 0 Å². The van der Waals surface area contributed by atoms with Gasteiger partial charge in [0.15, 0.2) is 11.6 Å². The minimum Gasteiger partial charge on any atom is -0.431 e. The van der Waals surface area contributed by atoms with E-state index >= 15 is 0 Å². The fraction of sp³-hybridized carbons (Fsp3) is 0.250. The van der Waals surface area contributed by atoms with Crippen molar-refractivity contribution in [2.75, 3.05) is 10.5 Å². The Morgan fingerprint density at radius 1 is 1.33 bits per heavy atom. The summed E-state index contributed by atoms with van der Waals surface area (Å²) in [6, 6.07) is 6.25. The third-order valence-corrected chi connectivity index (χ3v) is 4.62. The third-order valence-electron chi connectivity index (χ3n) is 2.44. The number of hydrogen-bond donors (Lipinski definition) is 1. The fourth-order valence-electron chi connectivity index (χ4n) is 1.55. The van der Waals surface area contributed by atoms with E-state index in [4.69, 9.17) is 0 Å². The van der Waals surface area contributed by atoms with Crippen LogP contribution in [-0.4, -0.2) is 25.8 Å². The van der Waals surface area contributed by atoms with Crippen molar-refractivity contribution >= 4 is 27.2 Å². The molecule has 0 aromatic carbocycles. The van der Waals surface area contributed by atoms with E-state index in [0.717, 1.165) is 4.88 Å². The molecule has 2 aromatic rings. The first-order chi connectivity index (χ1) is 9.96. The second kappa shape index (κ2) is 6.81. The van der Waals surface area contributed by atoms with Gasteiger partial charge in [0.05, 0.1) is 5.75 Å². The average molecular weight is 334 g/mol. The van der Waals surface area contributed by atoms with E-state index < -0.39 is 16.6 Å². The van der Waals surface area contributed by atoms with E-state index in [1.165, 1.54) is 29.7 Å². The van der Waals surface area contributed by atoms with Crippen LogP contribution < -0.4 is 9.46 Å². The average Bonchev–Trinajstić information content (AvgIpc) is 2.91. The van der Waals surface area contributed by atoms with Crippen LogP contribution in [0.5, 0.6) is 5.75 Å². The maximum Gasteiger partial charge on any atom is 0.387 e. The number of nitrogens with one attached hydrogen (secondary N) is 1. The topological polar surface area (TPSA) is 68.3 Å². The van der Waals surface area contributed by atoms with Crippen LogP contribution >= 0.6 is 11.3 Å². The summed E-state index contributed by atoms with van der Waals surface area (Å²) in [5, 5.41) is 1.85. The van der Waals surface area contributed by atoms with E-state index in [-0.39, 0.29) is 17.3 Å². The summed E-state index contributed by atoms with van der Waals surface area (Å²) in [6.07, 6.45) is 1.63. The molecule has 2 aromatic heterocycles. The molecule has 0 fully saturated rings. The van der Waals surface area contributed by atoms with Gasteiger partial charge in [-0.05, 0) is 30.0 Å². The minimum absolute atomic E-state index is 0.168. The number of halogens is 2. The first kappa shape index (κ1) is 15.6. The molecule has 9 heteroatoms. The van der Waals surface area contributed by atoms with Crippen LogP contribution in [0.1, 0.15) is 4.88 Å². The maximum atomic E-state index is 12.2. The van der Waals surface area contributed by atoms with Crippen molar-refractivity contribution in [3.05, 3.63) is 40.7 Å². The Hall–Kier alpha value is -1.74. The minimum atomic E-state index is -3.70. The number of anilines is 1. The molecule has 0 aliphatic carbocycles. The summed E-state index contributed by atoms with van der Waals surface area (Å²) in [4.78, 5) is 4.64. The lowest BCUT2D eigenvalue weighted by Crippen LogP contribution is -2.19. The van der Waals surface area contributed by atoms with Gasteiger partial charge in [0.25, 0.3) is 0 Å². The standard InChI is InChI=1S/C12H12F2N2O3S2/c13-12(14)19-10-4-1-6-15-11(10)16-21(17,18)8-5-9-3-2-7-20-9/h1-4,6-7,12H,5,8H2,(H,15,16). The van der Waals surface area contributed by atoms with Crippen LogP contribution in [0.2, 0.25) is 0 Å². The van der Waals surface area contributed by atoms with E-state index in [1.807, 2.05) is 17.5 Å². The van der Waals surface area contributed by atoms with Gasteiger partial charge in [0, 0.05) is 11.1 Å². The Kier molecular flexibility index (Phi) is 5.07. The SMILES string of the molecule is O=S(=O)(CCc1cccs1)Nc1ncccc1OC(F)F. The van der Waals surface area contributed by atoms with E-state index in [2.05, 4.69) is 14.4 Å². The molecule has 0 saturated heterocycles. The van der Waals surface area contributed by atoms with Crippen molar-refractivity contribution in [2.24, 2.45) is 0 Å². The number of aromatic nitrogens is 1. The van der Waals surface area contributed by atoms with E-state index in [1.54, 1.807) is 0 Å². The van der Waals surface area contributed by atoms with Gasteiger partial charge in [0.2, 0.25) is 10.0 Å². The first-order valence-corrected chi connectivity index (χ1v) is 8.42. The molecule has 0 atom stereocenters. The maximum absolute atomic E-state index is 12.2. The number of rotatable bonds is 7. The molecule has 1 N–H and O–H groups in total. The Bertz CT molecular complexity index is 676. The molecule has 5 nitrogen and oxygen atoms in total. The summed E-state index contributed by atoms with van der Waals surface area (Å²) in [5.74, 6) is -0.728. The summed E-state index contributed by atoms with van der Waals surface area (Å²) in [6.45, 7) is -3.05. The lowest BCUT2D eigenvalue weighted by atomic mass is 10.4. The van der Waals surface area contributed by atoms with E-state index in [0.29, 0.717) is 6.42 Å². The molecule has 0 radical (unpaired) electrons. The van der Waals surface area contributed by atoms with Gasteiger partial charge in [-0.25, -0.2) is 13.4 Å². The molecule has 0 saturated carbocycles. The molecule has 0 bridgehead atoms. The monoisotopic (exact) mass is 334 g/mol. The normalized spacial score (nSPS) is 11.6. The number of alkyl halides is 2. The lowest BCUT2D eigenvalue weighted by molar-refractivity contribution is -0.0495. The molecular formula is C12H12F2N2O3S2. The van der Waals surface area contributed by atoms with Crippen molar-refractivity contribution in [1.82, 2.24) is 4.98 Å². The second-order valence-electron chi connectivity index (χ2n) is 3.98. The number of hydrogen-bond acceptors (Lipinski definition) is 5. The lowest BCUT2D eigenvalue weighted by Gasteiger charge is -2.11. The summed E-state index contributed by atoms with van der Waals surface area (Å²) in [5.41, 5.74) is 0. The van der Waals surface area contributed by atoms with Crippen molar-refractivity contribution in [3.63, 3.8) is 0 Å². The van der Waals surface area contributed by atoms with Crippen LogP contribution in [-0.2, 0) is 16.4 Å². The fourth-order valence-corrected chi connectivity index (χ4v) is 3.42. The molecule has 21 heavy (non-hydrogen) atoms. The predicted octanol–water partition coefficient (Wildman–Crippen LogP) is 2.73. The van der Waals surface area contributed by atoms with Crippen molar-refractivity contribution in [3.8, 4) is 5.75 Å². The molecule has 0 unspecified atom stereocenters. The van der Waals surface area contributed by atoms with Crippen LogP contribution in [0.4, 0.5) is 14.6 Å². The molecule has 114 valence electrons. The number of nitrogens with zero attached hydrogens (tertiary/aromatic N) is 1. The molecule has 0 aliphatic heterocycles. The molecule has 0 aliphatic rings. The Morgan fingerprint density at radius 2 is 2.14 bits per heavy atom. The van der Waals surface area contributed by atoms with Gasteiger partial charge in [-0.3, -0.25) is 4.72 Å². The van der Waals surface area contributed by atoms with Gasteiger partial charge in [-0.15, -0.1) is 11.3 Å². The summed E-state index contributed by atoms with van der Waals surface area (Å²) < 4.78 is 54.8. The van der Waals surface area contributed by atoms with Gasteiger partial charge in [-0.2, -0.15) is 8.78 Å². The molecule has 2 rings (SSSR count). The number of sulfonamides is 1. The Morgan fingerprint density at radius 3 is 2.81 bits per heavy atom. The molecular weight excluding hydrogens is 322 g/mol. The Balaban J connectivity index is 2.06. The number of ether oxygens (including phenoxy) is 1. The zero-order chi connectivity index (χ0) is 15.3. The predicted molar refractivity (Wildman–Crippen MR) is 76.3 cm³/mol. The first-order valence-electron chi connectivity index (χ1n) is 5.89. The zero-order valence-electron chi connectivity index (χ0n) is 10.7. The number of aryl methyl sites for hydroxylation is 1. The highest BCUT2D eigenvalue weighted by molar-refractivity contribution is 7.92.